The average molecular weight is 982 g/mol. The molecule has 0 bridgehead atoms. The number of unbranched alkanes of at least 4 members (excludes halogenated alkanes) is 17. The smallest absolute Gasteiger partial charge is 0.306 e. The Balaban J connectivity index is 4.61. The van der Waals surface area contributed by atoms with E-state index in [9.17, 15) is 14.4 Å². The lowest BCUT2D eigenvalue weighted by Gasteiger charge is -2.18. The number of rotatable bonds is 50. The molecule has 6 heteroatoms. The molecule has 71 heavy (non-hydrogen) atoms. The van der Waals surface area contributed by atoms with Gasteiger partial charge in [-0.05, 0) is 122 Å². The maximum Gasteiger partial charge on any atom is 0.306 e. The Labute approximate surface area is 436 Å². The lowest BCUT2D eigenvalue weighted by Crippen LogP contribution is -2.30. The summed E-state index contributed by atoms with van der Waals surface area (Å²) >= 11 is 0. The molecule has 1 unspecified atom stereocenters. The highest BCUT2D eigenvalue weighted by molar-refractivity contribution is 5.71. The molecule has 0 aromatic heterocycles. The first-order valence-electron chi connectivity index (χ1n) is 28.7. The third-order valence-electron chi connectivity index (χ3n) is 11.6. The van der Waals surface area contributed by atoms with Crippen LogP contribution in [0.5, 0.6) is 0 Å². The van der Waals surface area contributed by atoms with Gasteiger partial charge >= 0.3 is 17.9 Å². The van der Waals surface area contributed by atoms with Gasteiger partial charge in [-0.2, -0.15) is 0 Å². The number of carbonyl (C=O) groups excluding carboxylic acids is 3. The van der Waals surface area contributed by atoms with Crippen molar-refractivity contribution >= 4 is 17.9 Å². The van der Waals surface area contributed by atoms with Gasteiger partial charge in [0.2, 0.25) is 0 Å². The van der Waals surface area contributed by atoms with Crippen molar-refractivity contribution < 1.29 is 28.6 Å². The molecule has 0 saturated carbocycles. The van der Waals surface area contributed by atoms with Gasteiger partial charge in [0.25, 0.3) is 0 Å². The Morgan fingerprint density at radius 1 is 0.296 bits per heavy atom. The highest BCUT2D eigenvalue weighted by Crippen LogP contribution is 2.13. The largest absolute Gasteiger partial charge is 0.462 e. The van der Waals surface area contributed by atoms with E-state index in [4.69, 9.17) is 14.2 Å². The van der Waals surface area contributed by atoms with Gasteiger partial charge in [0.05, 0.1) is 0 Å². The van der Waals surface area contributed by atoms with Crippen LogP contribution in [0, 0.1) is 0 Å². The summed E-state index contributed by atoms with van der Waals surface area (Å²) in [5, 5.41) is 0. The highest BCUT2D eigenvalue weighted by atomic mass is 16.6. The fraction of sp³-hybridized carbons (Fsp3) is 0.615. The summed E-state index contributed by atoms with van der Waals surface area (Å²) in [4.78, 5) is 38.1. The molecule has 0 aromatic rings. The lowest BCUT2D eigenvalue weighted by atomic mass is 10.1. The summed E-state index contributed by atoms with van der Waals surface area (Å²) in [6.45, 7) is 6.37. The van der Waals surface area contributed by atoms with Crippen molar-refractivity contribution in [1.29, 1.82) is 0 Å². The third kappa shape index (κ3) is 56.3. The summed E-state index contributed by atoms with van der Waals surface area (Å²) in [7, 11) is 0. The summed E-state index contributed by atoms with van der Waals surface area (Å²) < 4.78 is 16.7. The second-order valence-corrected chi connectivity index (χ2v) is 18.5. The predicted molar refractivity (Wildman–Crippen MR) is 306 cm³/mol. The number of esters is 3. The Bertz CT molecular complexity index is 1550. The van der Waals surface area contributed by atoms with Crippen LogP contribution in [0.4, 0.5) is 0 Å². The first kappa shape index (κ1) is 66.6. The van der Waals surface area contributed by atoms with E-state index in [1.165, 1.54) is 96.3 Å². The minimum absolute atomic E-state index is 0.130. The number of allylic oxidation sites excluding steroid dienone is 22. The van der Waals surface area contributed by atoms with Gasteiger partial charge in [0.1, 0.15) is 13.2 Å². The molecule has 400 valence electrons. The molecule has 0 heterocycles. The maximum atomic E-state index is 12.8. The lowest BCUT2D eigenvalue weighted by molar-refractivity contribution is -0.166. The van der Waals surface area contributed by atoms with Crippen molar-refractivity contribution in [3.63, 3.8) is 0 Å². The van der Waals surface area contributed by atoms with Gasteiger partial charge in [-0.3, -0.25) is 14.4 Å². The van der Waals surface area contributed by atoms with Crippen molar-refractivity contribution in [1.82, 2.24) is 0 Å². The zero-order valence-electron chi connectivity index (χ0n) is 45.7. The van der Waals surface area contributed by atoms with Crippen LogP contribution >= 0.6 is 0 Å². The van der Waals surface area contributed by atoms with Crippen LogP contribution < -0.4 is 0 Å². The zero-order valence-corrected chi connectivity index (χ0v) is 45.7. The molecule has 0 radical (unpaired) electrons. The molecule has 0 spiro atoms. The quantitative estimate of drug-likeness (QED) is 0.0262. The van der Waals surface area contributed by atoms with E-state index < -0.39 is 6.10 Å². The topological polar surface area (TPSA) is 78.9 Å². The van der Waals surface area contributed by atoms with Gasteiger partial charge < -0.3 is 14.2 Å². The molecular weight excluding hydrogens is 877 g/mol. The van der Waals surface area contributed by atoms with Gasteiger partial charge in [0.15, 0.2) is 6.10 Å². The van der Waals surface area contributed by atoms with Crippen LogP contribution in [0.3, 0.4) is 0 Å². The molecule has 0 fully saturated rings. The van der Waals surface area contributed by atoms with Gasteiger partial charge in [-0.25, -0.2) is 0 Å². The van der Waals surface area contributed by atoms with Crippen molar-refractivity contribution in [3.05, 3.63) is 134 Å². The second-order valence-electron chi connectivity index (χ2n) is 18.5. The molecule has 0 aliphatic rings. The number of hydrogen-bond donors (Lipinski definition) is 0. The molecule has 0 aromatic carbocycles. The monoisotopic (exact) mass is 981 g/mol. The Morgan fingerprint density at radius 3 is 1.01 bits per heavy atom. The standard InChI is InChI=1S/C65H104O6/c1-4-7-10-13-16-19-22-25-28-31-32-35-37-40-43-46-49-52-55-58-64(67)70-61-62(71-65(68)59-56-53-50-47-44-41-38-34-30-27-24-21-18-15-12-9-6-3)60-69-63(66)57-54-51-48-45-42-39-36-33-29-26-23-20-17-14-11-8-5-2/h7,10,16-17,19-20,25-30,32,35,38,40-41,43,47,49-50,52,62H,4-6,8-9,11-15,18,21-24,31,33-34,36-37,39,42,44-46,48,51,53-61H2,1-3H3/b10-7-,19-16-,20-17-,28-25-,29-26-,30-27-,35-32-,41-38-,43-40-,50-47-,52-49-. The normalized spacial score (nSPS) is 13.1. The molecule has 0 aliphatic carbocycles. The summed E-state index contributed by atoms with van der Waals surface area (Å²) in [6, 6.07) is 0. The molecule has 0 amide bonds. The van der Waals surface area contributed by atoms with Gasteiger partial charge in [-0.15, -0.1) is 0 Å². The number of hydrogen-bond acceptors (Lipinski definition) is 6. The molecule has 1 atom stereocenters. The molecule has 0 N–H and O–H groups in total. The van der Waals surface area contributed by atoms with Crippen molar-refractivity contribution in [2.24, 2.45) is 0 Å². The first-order valence-corrected chi connectivity index (χ1v) is 28.7. The van der Waals surface area contributed by atoms with Crippen molar-refractivity contribution in [3.8, 4) is 0 Å². The van der Waals surface area contributed by atoms with Crippen LogP contribution in [0.15, 0.2) is 134 Å². The maximum absolute atomic E-state index is 12.8. The molecular formula is C65H104O6. The number of carbonyl (C=O) groups is 3. The van der Waals surface area contributed by atoms with Crippen LogP contribution in [0.2, 0.25) is 0 Å². The van der Waals surface area contributed by atoms with E-state index in [-0.39, 0.29) is 44.0 Å². The minimum atomic E-state index is -0.844. The van der Waals surface area contributed by atoms with Gasteiger partial charge in [-0.1, -0.05) is 231 Å². The van der Waals surface area contributed by atoms with E-state index in [0.717, 1.165) is 89.9 Å². The minimum Gasteiger partial charge on any atom is -0.462 e. The summed E-state index contributed by atoms with van der Waals surface area (Å²) in [6.07, 6.45) is 81.7. The fourth-order valence-corrected chi connectivity index (χ4v) is 7.34. The molecule has 6 nitrogen and oxygen atoms in total. The Kier molecular flexibility index (Phi) is 54.5. The molecule has 0 aliphatic heterocycles. The van der Waals surface area contributed by atoms with E-state index in [1.54, 1.807) is 0 Å². The SMILES string of the molecule is CC/C=C\C/C=C\C/C=C\C/C=C\C/C=C\C/C=C\CCC(=O)OCC(COC(=O)CCCCCCCCC/C=C\C/C=C\CCCCC)OC(=O)CCC/C=C\C/C=C\C/C=C\CCCCCCCC. The third-order valence-corrected chi connectivity index (χ3v) is 11.6. The van der Waals surface area contributed by atoms with E-state index >= 15 is 0 Å². The van der Waals surface area contributed by atoms with E-state index in [1.807, 2.05) is 12.2 Å². The summed E-state index contributed by atoms with van der Waals surface area (Å²) in [5.41, 5.74) is 0. The van der Waals surface area contributed by atoms with Crippen LogP contribution in [0.1, 0.15) is 239 Å². The first-order chi connectivity index (χ1) is 35.0. The average Bonchev–Trinajstić information content (AvgIpc) is 3.37. The molecule has 0 saturated heterocycles. The van der Waals surface area contributed by atoms with Crippen molar-refractivity contribution in [2.45, 2.75) is 245 Å². The Hall–Kier alpha value is -4.45. The van der Waals surface area contributed by atoms with Crippen LogP contribution in [0.25, 0.3) is 0 Å². The van der Waals surface area contributed by atoms with Crippen LogP contribution in [-0.2, 0) is 28.6 Å². The predicted octanol–water partition coefficient (Wildman–Crippen LogP) is 19.4. The van der Waals surface area contributed by atoms with E-state index in [0.29, 0.717) is 19.3 Å². The van der Waals surface area contributed by atoms with Gasteiger partial charge in [0, 0.05) is 19.3 Å². The van der Waals surface area contributed by atoms with Crippen molar-refractivity contribution in [2.75, 3.05) is 13.2 Å². The highest BCUT2D eigenvalue weighted by Gasteiger charge is 2.19. The molecule has 0 rings (SSSR count). The zero-order chi connectivity index (χ0) is 51.4. The summed E-state index contributed by atoms with van der Waals surface area (Å²) in [5.74, 6) is -1.08. The second kappa shape index (κ2) is 58.1. The number of ether oxygens (including phenoxy) is 3. The van der Waals surface area contributed by atoms with E-state index in [2.05, 4.69) is 142 Å². The Morgan fingerprint density at radius 2 is 0.592 bits per heavy atom. The van der Waals surface area contributed by atoms with Crippen LogP contribution in [-0.4, -0.2) is 37.2 Å². The fourth-order valence-electron chi connectivity index (χ4n) is 7.34.